The van der Waals surface area contributed by atoms with Crippen LogP contribution in [0.5, 0.6) is 11.5 Å². The van der Waals surface area contributed by atoms with E-state index < -0.39 is 0 Å². The summed E-state index contributed by atoms with van der Waals surface area (Å²) in [6, 6.07) is 7.10. The Morgan fingerprint density at radius 1 is 1.42 bits per heavy atom. The summed E-state index contributed by atoms with van der Waals surface area (Å²) in [5.41, 5.74) is 0.482. The summed E-state index contributed by atoms with van der Waals surface area (Å²) in [6.07, 6.45) is 0. The number of thioether (sulfide) groups is 1. The minimum Gasteiger partial charge on any atom is -0.493 e. The molecule has 2 aromatic rings. The van der Waals surface area contributed by atoms with Crippen molar-refractivity contribution in [3.8, 4) is 11.5 Å². The van der Waals surface area contributed by atoms with Gasteiger partial charge in [0, 0.05) is 23.6 Å². The van der Waals surface area contributed by atoms with Gasteiger partial charge >= 0.3 is 0 Å². The molecule has 1 atom stereocenters. The number of aryl methyl sites for hydroxylation is 1. The largest absolute Gasteiger partial charge is 0.493 e. The average Bonchev–Trinajstić information content (AvgIpc) is 3.09. The molecule has 1 saturated heterocycles. The molecule has 140 valence electrons. The zero-order valence-electron chi connectivity index (χ0n) is 15.1. The zero-order valence-corrected chi connectivity index (χ0v) is 16.7. The molecule has 0 bridgehead atoms. The fraction of sp³-hybridized carbons (Fsp3) is 0.421. The number of halogens is 1. The van der Waals surface area contributed by atoms with Crippen LogP contribution in [0.25, 0.3) is 0 Å². The number of hydrogen-bond acceptors (Lipinski definition) is 5. The monoisotopic (exact) mass is 395 g/mol. The van der Waals surface area contributed by atoms with E-state index in [0.29, 0.717) is 35.2 Å². The number of nitrogens with zero attached hydrogens (tertiary/aromatic N) is 1. The predicted octanol–water partition coefficient (Wildman–Crippen LogP) is 4.58. The number of carbonyl (C=O) groups is 1. The average molecular weight is 396 g/mol. The third-order valence-corrected chi connectivity index (χ3v) is 5.55. The van der Waals surface area contributed by atoms with E-state index in [0.717, 1.165) is 23.0 Å². The fourth-order valence-corrected chi connectivity index (χ4v) is 4.33. The van der Waals surface area contributed by atoms with E-state index in [9.17, 15) is 4.79 Å². The number of carbonyl (C=O) groups excluding carboxylic acids is 1. The molecule has 1 aliphatic heterocycles. The number of methoxy groups -OCH3 is 1. The van der Waals surface area contributed by atoms with Crippen LogP contribution in [0.3, 0.4) is 0 Å². The van der Waals surface area contributed by atoms with Gasteiger partial charge in [0.05, 0.1) is 24.8 Å². The van der Waals surface area contributed by atoms with Crippen LogP contribution >= 0.6 is 23.4 Å². The van der Waals surface area contributed by atoms with Gasteiger partial charge in [-0.25, -0.2) is 0 Å². The quantitative estimate of drug-likeness (QED) is 0.741. The Labute approximate surface area is 162 Å². The molecule has 1 aliphatic rings. The van der Waals surface area contributed by atoms with E-state index in [1.807, 2.05) is 42.6 Å². The van der Waals surface area contributed by atoms with E-state index in [1.54, 1.807) is 12.1 Å². The van der Waals surface area contributed by atoms with Crippen LogP contribution in [0, 0.1) is 6.92 Å². The SMILES string of the molecule is CCOc1c(Cl)cc(C(=O)N2CCSC[C@@H]2c2ccc(C)o2)cc1OC. The van der Waals surface area contributed by atoms with Crippen LogP contribution in [0.4, 0.5) is 0 Å². The lowest BCUT2D eigenvalue weighted by Crippen LogP contribution is -2.40. The molecule has 0 saturated carbocycles. The van der Waals surface area contributed by atoms with Crippen LogP contribution in [0.2, 0.25) is 5.02 Å². The highest BCUT2D eigenvalue weighted by atomic mass is 35.5. The van der Waals surface area contributed by atoms with Gasteiger partial charge in [-0.3, -0.25) is 4.79 Å². The molecule has 3 rings (SSSR count). The maximum Gasteiger partial charge on any atom is 0.254 e. The molecule has 0 unspecified atom stereocenters. The van der Waals surface area contributed by atoms with Crippen molar-refractivity contribution >= 4 is 29.3 Å². The molecule has 0 N–H and O–H groups in total. The van der Waals surface area contributed by atoms with Gasteiger partial charge in [-0.1, -0.05) is 11.6 Å². The Morgan fingerprint density at radius 3 is 2.88 bits per heavy atom. The summed E-state index contributed by atoms with van der Waals surface area (Å²) in [6.45, 7) is 4.90. The van der Waals surface area contributed by atoms with E-state index in [2.05, 4.69) is 0 Å². The summed E-state index contributed by atoms with van der Waals surface area (Å²) < 4.78 is 16.7. The lowest BCUT2D eigenvalue weighted by atomic mass is 10.1. The van der Waals surface area contributed by atoms with Crippen LogP contribution in [0.1, 0.15) is 34.8 Å². The molecule has 1 amide bonds. The van der Waals surface area contributed by atoms with E-state index in [4.69, 9.17) is 25.5 Å². The molecule has 7 heteroatoms. The van der Waals surface area contributed by atoms with Crippen molar-refractivity contribution < 1.29 is 18.7 Å². The van der Waals surface area contributed by atoms with Gasteiger partial charge in [0.2, 0.25) is 0 Å². The predicted molar refractivity (Wildman–Crippen MR) is 104 cm³/mol. The van der Waals surface area contributed by atoms with Crippen LogP contribution in [0.15, 0.2) is 28.7 Å². The lowest BCUT2D eigenvalue weighted by molar-refractivity contribution is 0.0681. The maximum atomic E-state index is 13.2. The Morgan fingerprint density at radius 2 is 2.23 bits per heavy atom. The molecule has 26 heavy (non-hydrogen) atoms. The minimum absolute atomic E-state index is 0.0902. The number of amides is 1. The summed E-state index contributed by atoms with van der Waals surface area (Å²) in [5, 5.41) is 0.367. The van der Waals surface area contributed by atoms with Crippen molar-refractivity contribution in [1.82, 2.24) is 4.90 Å². The smallest absolute Gasteiger partial charge is 0.254 e. The Kier molecular flexibility index (Phi) is 6.04. The Bertz CT molecular complexity index is 792. The highest BCUT2D eigenvalue weighted by Crippen LogP contribution is 2.38. The van der Waals surface area contributed by atoms with Gasteiger partial charge in [0.25, 0.3) is 5.91 Å². The van der Waals surface area contributed by atoms with Crippen LogP contribution < -0.4 is 9.47 Å². The van der Waals surface area contributed by atoms with Gasteiger partial charge < -0.3 is 18.8 Å². The van der Waals surface area contributed by atoms with Gasteiger partial charge in [-0.2, -0.15) is 11.8 Å². The molecular formula is C19H22ClNO4S. The first-order valence-electron chi connectivity index (χ1n) is 8.50. The highest BCUT2D eigenvalue weighted by Gasteiger charge is 2.32. The van der Waals surface area contributed by atoms with Gasteiger partial charge in [0.15, 0.2) is 11.5 Å². The topological polar surface area (TPSA) is 51.9 Å². The normalized spacial score (nSPS) is 17.2. The first-order valence-corrected chi connectivity index (χ1v) is 10.0. The van der Waals surface area contributed by atoms with Crippen molar-refractivity contribution in [2.45, 2.75) is 19.9 Å². The zero-order chi connectivity index (χ0) is 18.7. The van der Waals surface area contributed by atoms with Crippen molar-refractivity contribution in [2.75, 3.05) is 31.8 Å². The molecule has 1 aromatic heterocycles. The Hall–Kier alpha value is -1.79. The van der Waals surface area contributed by atoms with E-state index in [-0.39, 0.29) is 11.9 Å². The van der Waals surface area contributed by atoms with Crippen LogP contribution in [-0.4, -0.2) is 42.6 Å². The number of benzene rings is 1. The van der Waals surface area contributed by atoms with E-state index >= 15 is 0 Å². The van der Waals surface area contributed by atoms with E-state index in [1.165, 1.54) is 7.11 Å². The molecule has 0 aliphatic carbocycles. The van der Waals surface area contributed by atoms with Crippen LogP contribution in [-0.2, 0) is 0 Å². The first kappa shape index (κ1) is 19.0. The van der Waals surface area contributed by atoms with Crippen molar-refractivity contribution in [3.63, 3.8) is 0 Å². The molecule has 5 nitrogen and oxygen atoms in total. The number of ether oxygens (including phenoxy) is 2. The highest BCUT2D eigenvalue weighted by molar-refractivity contribution is 7.99. The number of rotatable bonds is 5. The second-order valence-electron chi connectivity index (χ2n) is 5.96. The molecule has 1 fully saturated rings. The van der Waals surface area contributed by atoms with Crippen molar-refractivity contribution in [1.29, 1.82) is 0 Å². The molecule has 0 radical (unpaired) electrons. The summed E-state index contributed by atoms with van der Waals surface area (Å²) in [5.74, 6) is 4.18. The first-order chi connectivity index (χ1) is 12.5. The Balaban J connectivity index is 1.92. The summed E-state index contributed by atoms with van der Waals surface area (Å²) >= 11 is 8.15. The van der Waals surface area contributed by atoms with Gasteiger partial charge in [-0.15, -0.1) is 0 Å². The fourth-order valence-electron chi connectivity index (χ4n) is 3.01. The second kappa shape index (κ2) is 8.27. The molecule has 1 aromatic carbocycles. The molecular weight excluding hydrogens is 374 g/mol. The summed E-state index contributed by atoms with van der Waals surface area (Å²) in [7, 11) is 1.54. The molecule has 0 spiro atoms. The molecule has 2 heterocycles. The number of furan rings is 1. The van der Waals surface area contributed by atoms with Gasteiger partial charge in [-0.05, 0) is 38.1 Å². The second-order valence-corrected chi connectivity index (χ2v) is 7.52. The van der Waals surface area contributed by atoms with Gasteiger partial charge in [0.1, 0.15) is 11.5 Å². The third kappa shape index (κ3) is 3.81. The number of hydrogen-bond donors (Lipinski definition) is 0. The minimum atomic E-state index is -0.0914. The summed E-state index contributed by atoms with van der Waals surface area (Å²) in [4.78, 5) is 15.0. The standard InChI is InChI=1S/C19H22ClNO4S/c1-4-24-18-14(20)9-13(10-17(18)23-3)19(22)21-7-8-26-11-15(21)16-6-5-12(2)25-16/h5-6,9-10,15H,4,7-8,11H2,1-3H3/t15-/m1/s1. The maximum absolute atomic E-state index is 13.2. The van der Waals surface area contributed by atoms with Crippen molar-refractivity contribution in [3.05, 3.63) is 46.4 Å². The van der Waals surface area contributed by atoms with Crippen molar-refractivity contribution in [2.24, 2.45) is 0 Å². The lowest BCUT2D eigenvalue weighted by Gasteiger charge is -2.34. The third-order valence-electron chi connectivity index (χ3n) is 4.24.